The maximum Gasteiger partial charge on any atom is 0.306 e. The van der Waals surface area contributed by atoms with Crippen LogP contribution in [0.5, 0.6) is 0 Å². The summed E-state index contributed by atoms with van der Waals surface area (Å²) in [6.07, 6.45) is 85.9. The summed E-state index contributed by atoms with van der Waals surface area (Å²) in [4.78, 5) is 38.4. The van der Waals surface area contributed by atoms with Gasteiger partial charge < -0.3 is 14.2 Å². The van der Waals surface area contributed by atoms with Crippen LogP contribution in [0.2, 0.25) is 0 Å². The summed E-state index contributed by atoms with van der Waals surface area (Å²) in [6, 6.07) is 0. The molecule has 0 aromatic carbocycles. The highest BCUT2D eigenvalue weighted by Gasteiger charge is 2.19. The van der Waals surface area contributed by atoms with E-state index >= 15 is 0 Å². The summed E-state index contributed by atoms with van der Waals surface area (Å²) in [7, 11) is 0. The van der Waals surface area contributed by atoms with Crippen molar-refractivity contribution in [3.8, 4) is 0 Å². The zero-order chi connectivity index (χ0) is 55.7. The molecule has 0 spiro atoms. The maximum absolute atomic E-state index is 12.9. The number of unbranched alkanes of at least 4 members (excludes halogenated alkanes) is 35. The molecule has 0 rings (SSSR count). The summed E-state index contributed by atoms with van der Waals surface area (Å²) in [5.41, 5.74) is 0. The minimum absolute atomic E-state index is 0.0850. The Morgan fingerprint density at radius 3 is 0.805 bits per heavy atom. The highest BCUT2D eigenvalue weighted by Crippen LogP contribution is 2.16. The second kappa shape index (κ2) is 65.1. The summed E-state index contributed by atoms with van der Waals surface area (Å²) in [5, 5.41) is 0. The lowest BCUT2D eigenvalue weighted by atomic mass is 10.0. The lowest BCUT2D eigenvalue weighted by molar-refractivity contribution is -0.167. The fraction of sp³-hybridized carbons (Fsp3) is 0.761. The van der Waals surface area contributed by atoms with Crippen molar-refractivity contribution in [2.24, 2.45) is 0 Å². The van der Waals surface area contributed by atoms with E-state index in [1.165, 1.54) is 186 Å². The second-order valence-corrected chi connectivity index (χ2v) is 22.0. The minimum Gasteiger partial charge on any atom is -0.462 e. The number of rotatable bonds is 60. The molecular formula is C71H124O6. The van der Waals surface area contributed by atoms with E-state index in [0.717, 1.165) is 103 Å². The zero-order valence-corrected chi connectivity index (χ0v) is 51.0. The van der Waals surface area contributed by atoms with Crippen LogP contribution < -0.4 is 0 Å². The Kier molecular flexibility index (Phi) is 62.2. The van der Waals surface area contributed by atoms with Crippen LogP contribution in [-0.4, -0.2) is 37.2 Å². The highest BCUT2D eigenvalue weighted by atomic mass is 16.6. The average molecular weight is 1070 g/mol. The third-order valence-electron chi connectivity index (χ3n) is 14.4. The van der Waals surface area contributed by atoms with Gasteiger partial charge in [0.15, 0.2) is 6.10 Å². The molecule has 0 bridgehead atoms. The first-order chi connectivity index (χ1) is 38.0. The van der Waals surface area contributed by atoms with Gasteiger partial charge in [0.25, 0.3) is 0 Å². The summed E-state index contributed by atoms with van der Waals surface area (Å²) in [6.45, 7) is 6.53. The first-order valence-electron chi connectivity index (χ1n) is 33.1. The van der Waals surface area contributed by atoms with Crippen molar-refractivity contribution in [2.75, 3.05) is 13.2 Å². The first kappa shape index (κ1) is 73.6. The van der Waals surface area contributed by atoms with Crippen LogP contribution >= 0.6 is 0 Å². The SMILES string of the molecule is CC/C=C\C/C=C\C/C=C\C/C=C\CCCCCCC(=O)OCC(COC(=O)CCCCCCCCCCCCC/C=C\C/C=C\CCCCCCC)OC(=O)CCCCCCCCCCC/C=C\CCCCCCCC. The lowest BCUT2D eigenvalue weighted by Crippen LogP contribution is -2.30. The molecule has 0 aromatic heterocycles. The van der Waals surface area contributed by atoms with Gasteiger partial charge in [-0.2, -0.15) is 0 Å². The molecule has 0 heterocycles. The normalized spacial score (nSPS) is 12.6. The molecule has 0 aromatic rings. The summed E-state index contributed by atoms with van der Waals surface area (Å²) >= 11 is 0. The monoisotopic (exact) mass is 1070 g/mol. The van der Waals surface area contributed by atoms with Crippen LogP contribution in [0.3, 0.4) is 0 Å². The Morgan fingerprint density at radius 1 is 0.273 bits per heavy atom. The Balaban J connectivity index is 4.38. The van der Waals surface area contributed by atoms with Crippen molar-refractivity contribution in [1.29, 1.82) is 0 Å². The molecule has 0 amide bonds. The van der Waals surface area contributed by atoms with E-state index in [0.29, 0.717) is 19.3 Å². The molecule has 77 heavy (non-hydrogen) atoms. The molecule has 0 fully saturated rings. The quantitative estimate of drug-likeness (QED) is 0.0261. The van der Waals surface area contributed by atoms with Crippen molar-refractivity contribution in [3.05, 3.63) is 85.1 Å². The van der Waals surface area contributed by atoms with Gasteiger partial charge in [-0.1, -0.05) is 279 Å². The number of esters is 3. The van der Waals surface area contributed by atoms with Crippen molar-refractivity contribution < 1.29 is 28.6 Å². The molecule has 0 aliphatic heterocycles. The minimum atomic E-state index is -0.791. The topological polar surface area (TPSA) is 78.9 Å². The van der Waals surface area contributed by atoms with E-state index in [9.17, 15) is 14.4 Å². The van der Waals surface area contributed by atoms with Gasteiger partial charge in [-0.25, -0.2) is 0 Å². The molecule has 0 radical (unpaired) electrons. The van der Waals surface area contributed by atoms with E-state index in [2.05, 4.69) is 106 Å². The number of allylic oxidation sites excluding steroid dienone is 14. The number of hydrogen-bond donors (Lipinski definition) is 0. The third kappa shape index (κ3) is 63.3. The molecule has 6 heteroatoms. The summed E-state index contributed by atoms with van der Waals surface area (Å²) < 4.78 is 16.9. The molecule has 0 saturated heterocycles. The van der Waals surface area contributed by atoms with Crippen LogP contribution in [0, 0.1) is 0 Å². The van der Waals surface area contributed by atoms with Gasteiger partial charge in [0.1, 0.15) is 13.2 Å². The fourth-order valence-electron chi connectivity index (χ4n) is 9.40. The Bertz CT molecular complexity index is 1470. The largest absolute Gasteiger partial charge is 0.462 e. The van der Waals surface area contributed by atoms with E-state index in [-0.39, 0.29) is 31.1 Å². The predicted octanol–water partition coefficient (Wildman–Crippen LogP) is 22.7. The molecule has 444 valence electrons. The van der Waals surface area contributed by atoms with Gasteiger partial charge in [-0.3, -0.25) is 14.4 Å². The molecule has 6 nitrogen and oxygen atoms in total. The van der Waals surface area contributed by atoms with E-state index in [1.54, 1.807) is 0 Å². The van der Waals surface area contributed by atoms with E-state index < -0.39 is 6.10 Å². The third-order valence-corrected chi connectivity index (χ3v) is 14.4. The Morgan fingerprint density at radius 2 is 0.506 bits per heavy atom. The van der Waals surface area contributed by atoms with Crippen LogP contribution in [-0.2, 0) is 28.6 Å². The van der Waals surface area contributed by atoms with Crippen LogP contribution in [0.1, 0.15) is 329 Å². The fourth-order valence-corrected chi connectivity index (χ4v) is 9.40. The van der Waals surface area contributed by atoms with E-state index in [4.69, 9.17) is 14.2 Å². The smallest absolute Gasteiger partial charge is 0.306 e. The van der Waals surface area contributed by atoms with Crippen molar-refractivity contribution >= 4 is 17.9 Å². The second-order valence-electron chi connectivity index (χ2n) is 22.0. The molecule has 0 N–H and O–H groups in total. The highest BCUT2D eigenvalue weighted by molar-refractivity contribution is 5.71. The van der Waals surface area contributed by atoms with Gasteiger partial charge in [0.2, 0.25) is 0 Å². The molecule has 0 aliphatic rings. The predicted molar refractivity (Wildman–Crippen MR) is 334 cm³/mol. The first-order valence-corrected chi connectivity index (χ1v) is 33.1. The molecule has 0 aliphatic carbocycles. The maximum atomic E-state index is 12.9. The summed E-state index contributed by atoms with van der Waals surface area (Å²) in [5.74, 6) is -0.899. The van der Waals surface area contributed by atoms with Gasteiger partial charge in [-0.05, 0) is 116 Å². The van der Waals surface area contributed by atoms with Gasteiger partial charge in [-0.15, -0.1) is 0 Å². The van der Waals surface area contributed by atoms with Crippen LogP contribution in [0.25, 0.3) is 0 Å². The van der Waals surface area contributed by atoms with Gasteiger partial charge in [0, 0.05) is 19.3 Å². The Labute approximate surface area is 477 Å². The molecular weight excluding hydrogens is 949 g/mol. The van der Waals surface area contributed by atoms with Crippen molar-refractivity contribution in [2.45, 2.75) is 335 Å². The average Bonchev–Trinajstić information content (AvgIpc) is 3.43. The zero-order valence-electron chi connectivity index (χ0n) is 51.0. The van der Waals surface area contributed by atoms with Gasteiger partial charge >= 0.3 is 17.9 Å². The van der Waals surface area contributed by atoms with Crippen molar-refractivity contribution in [1.82, 2.24) is 0 Å². The number of hydrogen-bond acceptors (Lipinski definition) is 6. The van der Waals surface area contributed by atoms with Crippen LogP contribution in [0.15, 0.2) is 85.1 Å². The Hall–Kier alpha value is -3.41. The van der Waals surface area contributed by atoms with Crippen LogP contribution in [0.4, 0.5) is 0 Å². The number of carbonyl (C=O) groups is 3. The number of ether oxygens (including phenoxy) is 3. The molecule has 1 atom stereocenters. The van der Waals surface area contributed by atoms with Crippen molar-refractivity contribution in [3.63, 3.8) is 0 Å². The standard InChI is InChI=1S/C71H124O6/c1-4-7-10-13-16-19-22-25-28-31-33-34-35-36-38-40-43-46-49-52-55-58-61-64-70(73)76-67-68(66-75-69(72)63-60-57-54-51-48-45-42-39-30-27-24-21-18-15-12-9-6-3)77-71(74)65-62-59-56-53-50-47-44-41-37-32-29-26-23-20-17-14-11-8-5-2/h9,12,18,21-22,25-27,29-31,33,42,45,68H,4-8,10-11,13-17,19-20,23-24,28,32,34-41,43-44,46-67H2,1-3H3/b12-9-,21-18-,25-22-,29-26-,30-27-,33-31-,45-42-. The van der Waals surface area contributed by atoms with E-state index in [1.807, 2.05) is 0 Å². The number of carbonyl (C=O) groups excluding carboxylic acids is 3. The molecule has 0 saturated carbocycles. The molecule has 1 unspecified atom stereocenters. The van der Waals surface area contributed by atoms with Gasteiger partial charge in [0.05, 0.1) is 0 Å². The lowest BCUT2D eigenvalue weighted by Gasteiger charge is -2.18.